The lowest BCUT2D eigenvalue weighted by Gasteiger charge is -2.31. The van der Waals surface area contributed by atoms with Gasteiger partial charge in [0.15, 0.2) is 0 Å². The van der Waals surface area contributed by atoms with Gasteiger partial charge in [0.2, 0.25) is 11.8 Å². The van der Waals surface area contributed by atoms with E-state index >= 15 is 0 Å². The van der Waals surface area contributed by atoms with Gasteiger partial charge in [0.1, 0.15) is 18.1 Å². The smallest absolute Gasteiger partial charge is 0.248 e. The summed E-state index contributed by atoms with van der Waals surface area (Å²) in [5.41, 5.74) is 0.705. The third-order valence-electron chi connectivity index (χ3n) is 4.83. The lowest BCUT2D eigenvalue weighted by molar-refractivity contribution is -0.138. The highest BCUT2D eigenvalue weighted by atomic mass is 35.5. The number of carbonyl (C=O) groups is 2. The number of nitrogens with one attached hydrogen (secondary N) is 1. The van der Waals surface area contributed by atoms with E-state index in [4.69, 9.17) is 21.1 Å². The molecule has 7 heteroatoms. The number of benzene rings is 2. The van der Waals surface area contributed by atoms with Crippen LogP contribution in [0.5, 0.6) is 11.5 Å². The minimum Gasteiger partial charge on any atom is -0.456 e. The van der Waals surface area contributed by atoms with Gasteiger partial charge in [-0.1, -0.05) is 23.7 Å². The van der Waals surface area contributed by atoms with Crippen molar-refractivity contribution in [3.8, 4) is 11.5 Å². The van der Waals surface area contributed by atoms with Crippen molar-refractivity contribution < 1.29 is 19.1 Å². The molecule has 2 aromatic carbocycles. The summed E-state index contributed by atoms with van der Waals surface area (Å²) in [6.45, 7) is 3.64. The second-order valence-corrected chi connectivity index (χ2v) is 7.25. The van der Waals surface area contributed by atoms with E-state index in [0.717, 1.165) is 0 Å². The molecule has 0 saturated carbocycles. The Morgan fingerprint density at radius 1 is 1.10 bits per heavy atom. The number of nitrogens with zero attached hydrogens (tertiary/aromatic N) is 1. The van der Waals surface area contributed by atoms with Crippen molar-refractivity contribution in [3.05, 3.63) is 53.6 Å². The van der Waals surface area contributed by atoms with Crippen molar-refractivity contribution in [1.29, 1.82) is 0 Å². The topological polar surface area (TPSA) is 67.9 Å². The molecule has 0 radical (unpaired) electrons. The van der Waals surface area contributed by atoms with Crippen LogP contribution in [0, 0.1) is 5.92 Å². The zero-order valence-corrected chi connectivity index (χ0v) is 17.2. The normalized spacial score (nSPS) is 14.5. The number of anilines is 1. The number of piperidine rings is 1. The Bertz CT molecular complexity index is 833. The molecule has 1 aliphatic rings. The number of rotatable bonds is 7. The molecule has 1 aliphatic heterocycles. The molecule has 3 rings (SSSR count). The Morgan fingerprint density at radius 3 is 2.45 bits per heavy atom. The summed E-state index contributed by atoms with van der Waals surface area (Å²) in [6.07, 6.45) is 1.30. The monoisotopic (exact) mass is 416 g/mol. The minimum atomic E-state index is -0.106. The largest absolute Gasteiger partial charge is 0.456 e. The third kappa shape index (κ3) is 5.95. The van der Waals surface area contributed by atoms with Crippen LogP contribution in [0.2, 0.25) is 5.02 Å². The van der Waals surface area contributed by atoms with E-state index in [2.05, 4.69) is 5.32 Å². The number of para-hydroxylation sites is 1. The first-order valence-electron chi connectivity index (χ1n) is 9.75. The molecule has 2 amide bonds. The van der Waals surface area contributed by atoms with Crippen LogP contribution < -0.4 is 10.1 Å². The van der Waals surface area contributed by atoms with Gasteiger partial charge in [-0.05, 0) is 56.2 Å². The lowest BCUT2D eigenvalue weighted by Crippen LogP contribution is -2.42. The molecule has 154 valence electrons. The molecule has 0 aromatic heterocycles. The van der Waals surface area contributed by atoms with Crippen molar-refractivity contribution in [3.63, 3.8) is 0 Å². The highest BCUT2D eigenvalue weighted by molar-refractivity contribution is 6.32. The van der Waals surface area contributed by atoms with E-state index in [0.29, 0.717) is 54.7 Å². The van der Waals surface area contributed by atoms with Crippen LogP contribution in [0.3, 0.4) is 0 Å². The fourth-order valence-electron chi connectivity index (χ4n) is 3.18. The molecule has 1 saturated heterocycles. The molecule has 0 aliphatic carbocycles. The van der Waals surface area contributed by atoms with Crippen molar-refractivity contribution >= 4 is 29.1 Å². The Balaban J connectivity index is 1.49. The second-order valence-electron chi connectivity index (χ2n) is 6.84. The van der Waals surface area contributed by atoms with Gasteiger partial charge in [-0.25, -0.2) is 0 Å². The first-order chi connectivity index (χ1) is 14.1. The zero-order chi connectivity index (χ0) is 20.6. The van der Waals surface area contributed by atoms with Gasteiger partial charge in [0, 0.05) is 31.3 Å². The van der Waals surface area contributed by atoms with Gasteiger partial charge >= 0.3 is 0 Å². The predicted molar refractivity (Wildman–Crippen MR) is 112 cm³/mol. The van der Waals surface area contributed by atoms with Crippen molar-refractivity contribution in [2.24, 2.45) is 5.92 Å². The molecule has 0 unspecified atom stereocenters. The number of carbonyl (C=O) groups excluding carboxylic acids is 2. The van der Waals surface area contributed by atoms with E-state index in [1.54, 1.807) is 41.3 Å². The van der Waals surface area contributed by atoms with Gasteiger partial charge in [-0.15, -0.1) is 0 Å². The summed E-state index contributed by atoms with van der Waals surface area (Å²) < 4.78 is 10.9. The van der Waals surface area contributed by atoms with Crippen molar-refractivity contribution in [1.82, 2.24) is 4.90 Å². The quantitative estimate of drug-likeness (QED) is 0.728. The average Bonchev–Trinajstić information content (AvgIpc) is 2.75. The number of hydrogen-bond donors (Lipinski definition) is 1. The molecule has 6 nitrogen and oxygen atoms in total. The molecule has 0 bridgehead atoms. The van der Waals surface area contributed by atoms with E-state index in [1.165, 1.54) is 0 Å². The molecular weight excluding hydrogens is 392 g/mol. The fraction of sp³-hybridized carbons (Fsp3) is 0.364. The zero-order valence-electron chi connectivity index (χ0n) is 16.4. The Morgan fingerprint density at radius 2 is 1.79 bits per heavy atom. The molecule has 0 atom stereocenters. The lowest BCUT2D eigenvalue weighted by atomic mass is 9.95. The number of likely N-dealkylation sites (tertiary alicyclic amines) is 1. The third-order valence-corrected chi connectivity index (χ3v) is 5.15. The van der Waals surface area contributed by atoms with Crippen molar-refractivity contribution in [2.45, 2.75) is 19.8 Å². The summed E-state index contributed by atoms with van der Waals surface area (Å²) in [5, 5.41) is 3.48. The summed E-state index contributed by atoms with van der Waals surface area (Å²) in [5.74, 6) is 1.07. The van der Waals surface area contributed by atoms with E-state index < -0.39 is 0 Å². The summed E-state index contributed by atoms with van der Waals surface area (Å²) in [4.78, 5) is 26.3. The van der Waals surface area contributed by atoms with E-state index in [9.17, 15) is 9.59 Å². The number of halogens is 1. The van der Waals surface area contributed by atoms with E-state index in [1.807, 2.05) is 19.1 Å². The predicted octanol–water partition coefficient (Wildman–Crippen LogP) is 4.35. The molecule has 1 N–H and O–H groups in total. The summed E-state index contributed by atoms with van der Waals surface area (Å²) in [7, 11) is 0. The summed E-state index contributed by atoms with van der Waals surface area (Å²) >= 11 is 6.10. The fourth-order valence-corrected chi connectivity index (χ4v) is 3.35. The molecule has 1 heterocycles. The van der Waals surface area contributed by atoms with Crippen LogP contribution in [0.4, 0.5) is 5.69 Å². The maximum absolute atomic E-state index is 12.5. The SMILES string of the molecule is CCOCC(=O)N1CCC(C(=O)Nc2ccc(Oc3ccccc3Cl)cc2)CC1. The number of ether oxygens (including phenoxy) is 2. The van der Waals surface area contributed by atoms with Gasteiger partial charge < -0.3 is 19.7 Å². The maximum Gasteiger partial charge on any atom is 0.248 e. The maximum atomic E-state index is 12.5. The first-order valence-corrected chi connectivity index (χ1v) is 10.1. The van der Waals surface area contributed by atoms with Gasteiger partial charge in [-0.2, -0.15) is 0 Å². The number of hydrogen-bond acceptors (Lipinski definition) is 4. The molecule has 0 spiro atoms. The molecular formula is C22H25ClN2O4. The van der Waals surface area contributed by atoms with Gasteiger partial charge in [-0.3, -0.25) is 9.59 Å². The van der Waals surface area contributed by atoms with Crippen LogP contribution in [0.25, 0.3) is 0 Å². The first kappa shape index (κ1) is 21.1. The molecule has 29 heavy (non-hydrogen) atoms. The van der Waals surface area contributed by atoms with Crippen LogP contribution >= 0.6 is 11.6 Å². The van der Waals surface area contributed by atoms with Crippen molar-refractivity contribution in [2.75, 3.05) is 31.6 Å². The second kappa shape index (κ2) is 10.3. The van der Waals surface area contributed by atoms with Crippen LogP contribution in [-0.2, 0) is 14.3 Å². The highest BCUT2D eigenvalue weighted by Gasteiger charge is 2.27. The standard InChI is InChI=1S/C22H25ClN2O4/c1-2-28-15-21(26)25-13-11-16(12-14-25)22(27)24-17-7-9-18(10-8-17)29-20-6-4-3-5-19(20)23/h3-10,16H,2,11-15H2,1H3,(H,24,27). The van der Waals surface area contributed by atoms with Crippen LogP contribution in [-0.4, -0.2) is 43.0 Å². The Kier molecular flexibility index (Phi) is 7.49. The molecule has 1 fully saturated rings. The Labute approximate surface area is 175 Å². The van der Waals surface area contributed by atoms with Crippen LogP contribution in [0.1, 0.15) is 19.8 Å². The summed E-state index contributed by atoms with van der Waals surface area (Å²) in [6, 6.07) is 14.4. The van der Waals surface area contributed by atoms with Gasteiger partial charge in [0.25, 0.3) is 0 Å². The highest BCUT2D eigenvalue weighted by Crippen LogP contribution is 2.29. The van der Waals surface area contributed by atoms with E-state index in [-0.39, 0.29) is 24.3 Å². The van der Waals surface area contributed by atoms with Crippen LogP contribution in [0.15, 0.2) is 48.5 Å². The Hall–Kier alpha value is -2.57. The number of amides is 2. The average molecular weight is 417 g/mol. The minimum absolute atomic E-state index is 0.0141. The van der Waals surface area contributed by atoms with Gasteiger partial charge in [0.05, 0.1) is 5.02 Å². The molecule has 2 aromatic rings.